The predicted molar refractivity (Wildman–Crippen MR) is 97.9 cm³/mol. The zero-order chi connectivity index (χ0) is 19.1. The van der Waals surface area contributed by atoms with Crippen LogP contribution in [0.3, 0.4) is 0 Å². The van der Waals surface area contributed by atoms with E-state index < -0.39 is 11.6 Å². The molecule has 2 aromatic rings. The standard InChI is InChI=1S/C17H15ClN6O2/c1-8-4-5-11(7-12(8)18)22-16(25)17(23-24-20)14(19)13-9(2)6-10(3)21-15(13)26-17/h4-7,19H,1-3H3,(H,22,25). The van der Waals surface area contributed by atoms with Crippen molar-refractivity contribution in [1.29, 1.82) is 5.41 Å². The molecule has 1 unspecified atom stereocenters. The van der Waals surface area contributed by atoms with Crippen molar-refractivity contribution in [1.82, 2.24) is 4.98 Å². The number of anilines is 1. The zero-order valence-electron chi connectivity index (χ0n) is 14.3. The van der Waals surface area contributed by atoms with Gasteiger partial charge in [-0.2, -0.15) is 0 Å². The van der Waals surface area contributed by atoms with E-state index in [0.717, 1.165) is 5.56 Å². The number of nitrogens with zero attached hydrogens (tertiary/aromatic N) is 4. The van der Waals surface area contributed by atoms with Crippen LogP contribution < -0.4 is 10.1 Å². The fourth-order valence-electron chi connectivity index (χ4n) is 2.77. The van der Waals surface area contributed by atoms with Gasteiger partial charge in [0.25, 0.3) is 5.91 Å². The molecule has 132 valence electrons. The van der Waals surface area contributed by atoms with E-state index >= 15 is 0 Å². The lowest BCUT2D eigenvalue weighted by molar-refractivity contribution is -0.125. The van der Waals surface area contributed by atoms with Gasteiger partial charge >= 0.3 is 5.72 Å². The van der Waals surface area contributed by atoms with Crippen LogP contribution in [0, 0.1) is 26.2 Å². The number of nitrogens with one attached hydrogen (secondary N) is 2. The first-order chi connectivity index (χ1) is 12.3. The number of azide groups is 1. The first kappa shape index (κ1) is 17.7. The van der Waals surface area contributed by atoms with Crippen molar-refractivity contribution in [3.05, 3.63) is 62.1 Å². The first-order valence-electron chi connectivity index (χ1n) is 7.69. The fraction of sp³-hybridized carbons (Fsp3) is 0.235. The van der Waals surface area contributed by atoms with Gasteiger partial charge in [-0.25, -0.2) is 4.98 Å². The zero-order valence-corrected chi connectivity index (χ0v) is 15.0. The van der Waals surface area contributed by atoms with E-state index in [2.05, 4.69) is 20.3 Å². The van der Waals surface area contributed by atoms with Gasteiger partial charge in [0.15, 0.2) is 0 Å². The van der Waals surface area contributed by atoms with Crippen LogP contribution >= 0.6 is 11.6 Å². The lowest BCUT2D eigenvalue weighted by Crippen LogP contribution is -2.49. The second-order valence-electron chi connectivity index (χ2n) is 5.99. The molecule has 1 aromatic heterocycles. The summed E-state index contributed by atoms with van der Waals surface area (Å²) in [5.74, 6) is -0.702. The van der Waals surface area contributed by atoms with Gasteiger partial charge in [0.05, 0.1) is 5.56 Å². The molecule has 0 saturated heterocycles. The van der Waals surface area contributed by atoms with E-state index in [9.17, 15) is 4.79 Å². The maximum absolute atomic E-state index is 12.9. The number of pyridine rings is 1. The summed E-state index contributed by atoms with van der Waals surface area (Å²) in [7, 11) is 0. The third-order valence-electron chi connectivity index (χ3n) is 4.07. The second-order valence-corrected chi connectivity index (χ2v) is 6.40. The van der Waals surface area contributed by atoms with E-state index in [4.69, 9.17) is 27.3 Å². The van der Waals surface area contributed by atoms with Crippen molar-refractivity contribution >= 4 is 28.9 Å². The van der Waals surface area contributed by atoms with Gasteiger partial charge in [-0.3, -0.25) is 10.2 Å². The Kier molecular flexibility index (Phi) is 4.31. The van der Waals surface area contributed by atoms with Crippen LogP contribution in [0.1, 0.15) is 22.4 Å². The summed E-state index contributed by atoms with van der Waals surface area (Å²) in [6, 6.07) is 6.73. The largest absolute Gasteiger partial charge is 0.447 e. The van der Waals surface area contributed by atoms with Crippen LogP contribution in [0.15, 0.2) is 29.4 Å². The van der Waals surface area contributed by atoms with Gasteiger partial charge < -0.3 is 10.1 Å². The molecular weight excluding hydrogens is 356 g/mol. The summed E-state index contributed by atoms with van der Waals surface area (Å²) in [6.45, 7) is 5.37. The van der Waals surface area contributed by atoms with Crippen LogP contribution in [0.5, 0.6) is 5.88 Å². The van der Waals surface area contributed by atoms with Crippen LogP contribution in [0.25, 0.3) is 10.4 Å². The van der Waals surface area contributed by atoms with Gasteiger partial charge in [0.2, 0.25) is 5.88 Å². The van der Waals surface area contributed by atoms with Gasteiger partial charge in [-0.05, 0) is 60.7 Å². The minimum atomic E-state index is -2.17. The number of ether oxygens (including phenoxy) is 1. The lowest BCUT2D eigenvalue weighted by Gasteiger charge is -2.22. The fourth-order valence-corrected chi connectivity index (χ4v) is 2.95. The van der Waals surface area contributed by atoms with Gasteiger partial charge in [0.1, 0.15) is 5.71 Å². The number of benzene rings is 1. The SMILES string of the molecule is Cc1cc(C)c2c(n1)OC(N=[N+]=[N-])(C(=O)Nc1ccc(C)c(Cl)c1)C2=N. The van der Waals surface area contributed by atoms with Gasteiger partial charge in [-0.1, -0.05) is 17.7 Å². The minimum absolute atomic E-state index is 0.0944. The van der Waals surface area contributed by atoms with Crippen LogP contribution in [0.4, 0.5) is 5.69 Å². The van der Waals surface area contributed by atoms with Crippen LogP contribution in [-0.2, 0) is 4.79 Å². The Bertz CT molecular complexity index is 999. The number of fused-ring (bicyclic) bond motifs is 1. The summed E-state index contributed by atoms with van der Waals surface area (Å²) in [5.41, 5.74) is 9.50. The normalized spacial score (nSPS) is 17.9. The Hall–Kier alpha value is -3.09. The molecule has 9 heteroatoms. The number of rotatable bonds is 3. The number of carbonyl (C=O) groups is 1. The quantitative estimate of drug-likeness (QED) is 0.480. The Morgan fingerprint density at radius 1 is 1.35 bits per heavy atom. The smallest absolute Gasteiger partial charge is 0.308 e. The van der Waals surface area contributed by atoms with E-state index in [1.54, 1.807) is 38.1 Å². The molecular formula is C17H15ClN6O2. The van der Waals surface area contributed by atoms with Crippen LogP contribution in [0.2, 0.25) is 5.02 Å². The molecule has 0 fully saturated rings. The van der Waals surface area contributed by atoms with Crippen molar-refractivity contribution in [3.63, 3.8) is 0 Å². The van der Waals surface area contributed by atoms with Crippen molar-refractivity contribution in [2.24, 2.45) is 5.11 Å². The van der Waals surface area contributed by atoms with E-state index in [1.165, 1.54) is 0 Å². The monoisotopic (exact) mass is 370 g/mol. The number of halogens is 1. The maximum Gasteiger partial charge on any atom is 0.308 e. The molecule has 1 atom stereocenters. The topological polar surface area (TPSA) is 124 Å². The molecule has 2 heterocycles. The highest BCUT2D eigenvalue weighted by Crippen LogP contribution is 2.38. The molecule has 2 N–H and O–H groups in total. The summed E-state index contributed by atoms with van der Waals surface area (Å²) < 4.78 is 5.60. The van der Waals surface area contributed by atoms with Gasteiger partial charge in [0, 0.05) is 21.3 Å². The molecule has 8 nitrogen and oxygen atoms in total. The van der Waals surface area contributed by atoms with E-state index in [1.807, 2.05) is 6.92 Å². The molecule has 0 aliphatic carbocycles. The molecule has 0 spiro atoms. The third-order valence-corrected chi connectivity index (χ3v) is 4.47. The van der Waals surface area contributed by atoms with Crippen molar-refractivity contribution in [3.8, 4) is 5.88 Å². The van der Waals surface area contributed by atoms with E-state index in [0.29, 0.717) is 27.5 Å². The first-order valence-corrected chi connectivity index (χ1v) is 8.07. The number of hydrogen-bond donors (Lipinski definition) is 2. The van der Waals surface area contributed by atoms with E-state index in [-0.39, 0.29) is 11.6 Å². The lowest BCUT2D eigenvalue weighted by atomic mass is 9.99. The van der Waals surface area contributed by atoms with Crippen molar-refractivity contribution < 1.29 is 9.53 Å². The molecule has 0 saturated carbocycles. The number of aromatic nitrogens is 1. The maximum atomic E-state index is 12.9. The molecule has 1 aromatic carbocycles. The third kappa shape index (κ3) is 2.75. The molecule has 0 radical (unpaired) electrons. The van der Waals surface area contributed by atoms with Crippen molar-refractivity contribution in [2.45, 2.75) is 26.5 Å². The summed E-state index contributed by atoms with van der Waals surface area (Å²) >= 11 is 6.08. The average Bonchev–Trinajstić information content (AvgIpc) is 2.84. The summed E-state index contributed by atoms with van der Waals surface area (Å²) in [6.07, 6.45) is 0. The minimum Gasteiger partial charge on any atom is -0.447 e. The highest BCUT2D eigenvalue weighted by molar-refractivity contribution is 6.31. The highest BCUT2D eigenvalue weighted by Gasteiger charge is 2.52. The molecule has 1 aliphatic rings. The summed E-state index contributed by atoms with van der Waals surface area (Å²) in [5, 5.41) is 15.0. The number of aryl methyl sites for hydroxylation is 3. The second kappa shape index (κ2) is 6.33. The number of carbonyl (C=O) groups excluding carboxylic acids is 1. The van der Waals surface area contributed by atoms with Gasteiger partial charge in [-0.15, -0.1) is 0 Å². The predicted octanol–water partition coefficient (Wildman–Crippen LogP) is 4.07. The highest BCUT2D eigenvalue weighted by atomic mass is 35.5. The Labute approximate surface area is 154 Å². The molecule has 3 rings (SSSR count). The number of hydrogen-bond acceptors (Lipinski definition) is 5. The summed E-state index contributed by atoms with van der Waals surface area (Å²) in [4.78, 5) is 19.8. The van der Waals surface area contributed by atoms with Crippen LogP contribution in [-0.4, -0.2) is 22.3 Å². The average molecular weight is 371 g/mol. The Morgan fingerprint density at radius 2 is 2.08 bits per heavy atom. The molecule has 26 heavy (non-hydrogen) atoms. The number of amides is 1. The molecule has 1 amide bonds. The Morgan fingerprint density at radius 3 is 2.73 bits per heavy atom. The van der Waals surface area contributed by atoms with Crippen molar-refractivity contribution in [2.75, 3.05) is 5.32 Å². The molecule has 1 aliphatic heterocycles. The Balaban J connectivity index is 2.03. The molecule has 0 bridgehead atoms.